The zero-order valence-corrected chi connectivity index (χ0v) is 15.7. The van der Waals surface area contributed by atoms with Gasteiger partial charge in [0.25, 0.3) is 0 Å². The molecule has 0 fully saturated rings. The van der Waals surface area contributed by atoms with E-state index >= 15 is 0 Å². The van der Waals surface area contributed by atoms with Crippen LogP contribution in [0.25, 0.3) is 0 Å². The van der Waals surface area contributed by atoms with Crippen LogP contribution in [0, 0.1) is 11.3 Å². The quantitative estimate of drug-likeness (QED) is 0.507. The molecule has 1 aromatic carbocycles. The SMILES string of the molecule is C=C[C@@H](COC(=O)C(C)(C)C)N(/C=C/C(C)C)Cc1ccccc1. The van der Waals surface area contributed by atoms with Crippen molar-refractivity contribution in [3.05, 3.63) is 60.8 Å². The van der Waals surface area contributed by atoms with Crippen LogP contribution in [-0.4, -0.2) is 23.5 Å². The van der Waals surface area contributed by atoms with Crippen LogP contribution in [0.4, 0.5) is 0 Å². The monoisotopic (exact) mass is 329 g/mol. The molecule has 0 unspecified atom stereocenters. The van der Waals surface area contributed by atoms with Gasteiger partial charge in [-0.1, -0.05) is 56.3 Å². The lowest BCUT2D eigenvalue weighted by Gasteiger charge is -2.29. The molecule has 0 saturated heterocycles. The zero-order valence-electron chi connectivity index (χ0n) is 15.7. The van der Waals surface area contributed by atoms with Crippen molar-refractivity contribution in [3.63, 3.8) is 0 Å². The van der Waals surface area contributed by atoms with Crippen LogP contribution < -0.4 is 0 Å². The maximum absolute atomic E-state index is 12.0. The minimum Gasteiger partial charge on any atom is -0.463 e. The zero-order chi connectivity index (χ0) is 18.2. The summed E-state index contributed by atoms with van der Waals surface area (Å²) < 4.78 is 5.50. The summed E-state index contributed by atoms with van der Waals surface area (Å²) in [6.45, 7) is 14.8. The van der Waals surface area contributed by atoms with Gasteiger partial charge in [-0.05, 0) is 38.5 Å². The Kier molecular flexibility index (Phi) is 7.76. The Labute approximate surface area is 147 Å². The van der Waals surface area contributed by atoms with Gasteiger partial charge in [-0.3, -0.25) is 4.79 Å². The van der Waals surface area contributed by atoms with Crippen LogP contribution in [0.15, 0.2) is 55.3 Å². The highest BCUT2D eigenvalue weighted by atomic mass is 16.5. The fourth-order valence-electron chi connectivity index (χ4n) is 2.03. The maximum Gasteiger partial charge on any atom is 0.311 e. The first kappa shape index (κ1) is 20.0. The van der Waals surface area contributed by atoms with E-state index in [1.165, 1.54) is 5.56 Å². The Hall–Kier alpha value is -2.03. The molecule has 1 aromatic rings. The Morgan fingerprint density at radius 2 is 1.88 bits per heavy atom. The number of carbonyl (C=O) groups is 1. The molecule has 3 nitrogen and oxygen atoms in total. The molecule has 0 radical (unpaired) electrons. The van der Waals surface area contributed by atoms with Gasteiger partial charge < -0.3 is 9.64 Å². The molecule has 0 aliphatic rings. The predicted molar refractivity (Wildman–Crippen MR) is 100 cm³/mol. The Balaban J connectivity index is 2.85. The van der Waals surface area contributed by atoms with E-state index in [1.54, 1.807) is 0 Å². The van der Waals surface area contributed by atoms with Crippen LogP contribution in [0.5, 0.6) is 0 Å². The van der Waals surface area contributed by atoms with Gasteiger partial charge in [0.05, 0.1) is 11.5 Å². The number of benzene rings is 1. The van der Waals surface area contributed by atoms with E-state index in [-0.39, 0.29) is 12.0 Å². The Morgan fingerprint density at radius 3 is 2.38 bits per heavy atom. The fraction of sp³-hybridized carbons (Fsp3) is 0.476. The van der Waals surface area contributed by atoms with E-state index in [0.717, 1.165) is 6.54 Å². The minimum absolute atomic E-state index is 0.0634. The lowest BCUT2D eigenvalue weighted by Crippen LogP contribution is -2.35. The average molecular weight is 329 g/mol. The normalized spacial score (nSPS) is 13.1. The molecule has 3 heteroatoms. The largest absolute Gasteiger partial charge is 0.463 e. The molecule has 0 aromatic heterocycles. The van der Waals surface area contributed by atoms with Gasteiger partial charge in [-0.15, -0.1) is 6.58 Å². The van der Waals surface area contributed by atoms with E-state index in [9.17, 15) is 4.79 Å². The number of hydrogen-bond donors (Lipinski definition) is 0. The predicted octanol–water partition coefficient (Wildman–Crippen LogP) is 4.80. The Bertz CT molecular complexity index is 541. The molecule has 0 heterocycles. The number of esters is 1. The van der Waals surface area contributed by atoms with Crippen molar-refractivity contribution in [3.8, 4) is 0 Å². The third-order valence-electron chi connectivity index (χ3n) is 3.57. The topological polar surface area (TPSA) is 29.5 Å². The first-order chi connectivity index (χ1) is 11.2. The van der Waals surface area contributed by atoms with E-state index in [1.807, 2.05) is 45.0 Å². The second-order valence-corrected chi connectivity index (χ2v) is 7.39. The van der Waals surface area contributed by atoms with E-state index < -0.39 is 5.41 Å². The number of hydrogen-bond acceptors (Lipinski definition) is 3. The third-order valence-corrected chi connectivity index (χ3v) is 3.57. The van der Waals surface area contributed by atoms with Crippen molar-refractivity contribution in [2.75, 3.05) is 6.61 Å². The summed E-state index contributed by atoms with van der Waals surface area (Å²) in [7, 11) is 0. The first-order valence-electron chi connectivity index (χ1n) is 8.51. The molecule has 0 saturated carbocycles. The fourth-order valence-corrected chi connectivity index (χ4v) is 2.03. The summed E-state index contributed by atoms with van der Waals surface area (Å²) in [5, 5.41) is 0. The first-order valence-corrected chi connectivity index (χ1v) is 8.51. The molecule has 0 N–H and O–H groups in total. The molecule has 1 rings (SSSR count). The summed E-state index contributed by atoms with van der Waals surface area (Å²) in [5.74, 6) is 0.257. The highest BCUT2D eigenvalue weighted by molar-refractivity contribution is 5.75. The molecule has 0 aliphatic carbocycles. The van der Waals surface area contributed by atoms with Crippen molar-refractivity contribution in [2.45, 2.75) is 47.2 Å². The van der Waals surface area contributed by atoms with E-state index in [0.29, 0.717) is 12.5 Å². The van der Waals surface area contributed by atoms with Crippen LogP contribution in [0.2, 0.25) is 0 Å². The standard InChI is InChI=1S/C21H31NO2/c1-7-19(16-24-20(23)21(4,5)6)22(14-13-17(2)3)15-18-11-9-8-10-12-18/h7-14,17,19H,1,15-16H2,2-6H3/b14-13+/t19-/m0/s1. The highest BCUT2D eigenvalue weighted by Crippen LogP contribution is 2.17. The summed E-state index contributed by atoms with van der Waals surface area (Å²) in [6, 6.07) is 10.2. The van der Waals surface area contributed by atoms with Crippen molar-refractivity contribution in [1.82, 2.24) is 4.90 Å². The summed E-state index contributed by atoms with van der Waals surface area (Å²) in [5.41, 5.74) is 0.712. The summed E-state index contributed by atoms with van der Waals surface area (Å²) >= 11 is 0. The van der Waals surface area contributed by atoms with Gasteiger partial charge in [0, 0.05) is 6.54 Å². The molecule has 132 valence electrons. The van der Waals surface area contributed by atoms with Crippen LogP contribution in [-0.2, 0) is 16.1 Å². The van der Waals surface area contributed by atoms with Gasteiger partial charge in [0.15, 0.2) is 0 Å². The van der Waals surface area contributed by atoms with E-state index in [4.69, 9.17) is 4.74 Å². The maximum atomic E-state index is 12.0. The van der Waals surface area contributed by atoms with Gasteiger partial charge >= 0.3 is 5.97 Å². The minimum atomic E-state index is -0.496. The van der Waals surface area contributed by atoms with Gasteiger partial charge in [0.1, 0.15) is 6.61 Å². The highest BCUT2D eigenvalue weighted by Gasteiger charge is 2.24. The lowest BCUT2D eigenvalue weighted by molar-refractivity contribution is -0.154. The molecule has 0 aliphatic heterocycles. The molecular formula is C21H31NO2. The second-order valence-electron chi connectivity index (χ2n) is 7.39. The third kappa shape index (κ3) is 7.03. The van der Waals surface area contributed by atoms with Crippen LogP contribution in [0.3, 0.4) is 0 Å². The second kappa shape index (κ2) is 9.31. The van der Waals surface area contributed by atoms with Crippen LogP contribution >= 0.6 is 0 Å². The molecule has 0 amide bonds. The van der Waals surface area contributed by atoms with Crippen molar-refractivity contribution < 1.29 is 9.53 Å². The van der Waals surface area contributed by atoms with Crippen molar-refractivity contribution in [1.29, 1.82) is 0 Å². The van der Waals surface area contributed by atoms with Crippen LogP contribution in [0.1, 0.15) is 40.2 Å². The summed E-state index contributed by atoms with van der Waals surface area (Å²) in [4.78, 5) is 14.2. The summed E-state index contributed by atoms with van der Waals surface area (Å²) in [6.07, 6.45) is 6.06. The van der Waals surface area contributed by atoms with E-state index in [2.05, 4.69) is 49.7 Å². The number of carbonyl (C=O) groups excluding carboxylic acids is 1. The molecular weight excluding hydrogens is 298 g/mol. The number of nitrogens with zero attached hydrogens (tertiary/aromatic N) is 1. The number of ether oxygens (including phenoxy) is 1. The number of allylic oxidation sites excluding steroid dienone is 1. The molecule has 24 heavy (non-hydrogen) atoms. The number of rotatable bonds is 8. The Morgan fingerprint density at radius 1 is 1.25 bits per heavy atom. The van der Waals surface area contributed by atoms with Gasteiger partial charge in [-0.25, -0.2) is 0 Å². The molecule has 0 bridgehead atoms. The lowest BCUT2D eigenvalue weighted by atomic mass is 9.97. The average Bonchev–Trinajstić information content (AvgIpc) is 2.52. The molecule has 1 atom stereocenters. The smallest absolute Gasteiger partial charge is 0.311 e. The van der Waals surface area contributed by atoms with Gasteiger partial charge in [-0.2, -0.15) is 0 Å². The van der Waals surface area contributed by atoms with Crippen molar-refractivity contribution in [2.24, 2.45) is 11.3 Å². The molecule has 0 spiro atoms. The van der Waals surface area contributed by atoms with Crippen molar-refractivity contribution >= 4 is 5.97 Å². The van der Waals surface area contributed by atoms with Gasteiger partial charge in [0.2, 0.25) is 0 Å².